The van der Waals surface area contributed by atoms with E-state index in [1.807, 2.05) is 62.4 Å². The molecule has 0 aliphatic carbocycles. The molecule has 4 aliphatic rings. The first-order chi connectivity index (χ1) is 30.6. The van der Waals surface area contributed by atoms with Crippen LogP contribution in [0.3, 0.4) is 0 Å². The minimum Gasteiger partial charge on any atom is -0.497 e. The van der Waals surface area contributed by atoms with E-state index in [4.69, 9.17) is 65.2 Å². The van der Waals surface area contributed by atoms with Crippen molar-refractivity contribution in [2.24, 2.45) is 0 Å². The molecule has 2 unspecified atom stereocenters. The number of benzene rings is 3. The van der Waals surface area contributed by atoms with Crippen LogP contribution in [0.2, 0.25) is 0 Å². The lowest BCUT2D eigenvalue weighted by atomic mass is 9.93. The molecule has 0 bridgehead atoms. The highest BCUT2D eigenvalue weighted by Gasteiger charge is 2.64. The number of rotatable bonds is 20. The zero-order valence-electron chi connectivity index (χ0n) is 38.5. The van der Waals surface area contributed by atoms with Gasteiger partial charge in [-0.05, 0) is 87.2 Å². The molecule has 3 aromatic carbocycles. The molecular weight excluding hydrogens is 893 g/mol. The number of hydrogen-bond donors (Lipinski definition) is 0. The number of ether oxygens (including phenoxy) is 12. The van der Waals surface area contributed by atoms with Gasteiger partial charge in [-0.2, -0.15) is 16.8 Å². The van der Waals surface area contributed by atoms with Crippen molar-refractivity contribution in [3.63, 3.8) is 0 Å². The largest absolute Gasteiger partial charge is 0.497 e. The Morgan fingerprint density at radius 2 is 0.846 bits per heavy atom. The van der Waals surface area contributed by atoms with Crippen LogP contribution < -0.4 is 14.2 Å². The van der Waals surface area contributed by atoms with Crippen molar-refractivity contribution in [1.29, 1.82) is 0 Å². The van der Waals surface area contributed by atoms with Gasteiger partial charge < -0.3 is 56.8 Å². The van der Waals surface area contributed by atoms with Crippen molar-refractivity contribution in [3.05, 3.63) is 89.5 Å². The topological polar surface area (TPSA) is 198 Å². The SMILES string of the molecule is CC[C@]1(COCc2ccc(OC)cc2)O[C@@H]2OC(C)(C)O[C@H]2C1OCc1ccc(OC)cc1.COc1ccc(COC2[C@@H]3OC(C)(C)O[C@H]3OC2(COS(C)(=O)=O)COS(C)(=O)=O)cc1. The van der Waals surface area contributed by atoms with Gasteiger partial charge in [0.2, 0.25) is 0 Å². The molecule has 4 fully saturated rings. The molecule has 3 aromatic rings. The Hall–Kier alpha value is -3.48. The highest BCUT2D eigenvalue weighted by molar-refractivity contribution is 7.86. The Morgan fingerprint density at radius 3 is 1.20 bits per heavy atom. The van der Waals surface area contributed by atoms with Crippen LogP contribution in [-0.4, -0.2) is 130 Å². The fraction of sp³-hybridized carbons (Fsp3) is 0.600. The molecule has 0 amide bonds. The summed E-state index contributed by atoms with van der Waals surface area (Å²) in [5, 5.41) is 0. The Balaban J connectivity index is 0.000000216. The van der Waals surface area contributed by atoms with E-state index in [1.54, 1.807) is 59.4 Å². The molecule has 362 valence electrons. The Bertz CT molecular complexity index is 2180. The average Bonchev–Trinajstić information content (AvgIpc) is 3.91. The van der Waals surface area contributed by atoms with Gasteiger partial charge in [-0.3, -0.25) is 8.37 Å². The molecule has 7 atom stereocenters. The second-order valence-electron chi connectivity index (χ2n) is 17.1. The Kier molecular flexibility index (Phi) is 16.3. The third kappa shape index (κ3) is 13.4. The molecule has 0 aromatic heterocycles. The Morgan fingerprint density at radius 1 is 0.492 bits per heavy atom. The summed E-state index contributed by atoms with van der Waals surface area (Å²) in [5.74, 6) is 0.593. The van der Waals surface area contributed by atoms with E-state index in [0.29, 0.717) is 32.0 Å². The third-order valence-electron chi connectivity index (χ3n) is 11.1. The average molecular weight is 955 g/mol. The summed E-state index contributed by atoms with van der Waals surface area (Å²) in [4.78, 5) is 0. The van der Waals surface area contributed by atoms with Gasteiger partial charge in [0.25, 0.3) is 20.2 Å². The summed E-state index contributed by atoms with van der Waals surface area (Å²) in [5.41, 5.74) is 0.579. The normalized spacial score (nSPS) is 27.4. The van der Waals surface area contributed by atoms with E-state index in [2.05, 4.69) is 6.92 Å². The highest BCUT2D eigenvalue weighted by Crippen LogP contribution is 2.47. The van der Waals surface area contributed by atoms with E-state index < -0.39 is 81.0 Å². The number of methoxy groups -OCH3 is 3. The summed E-state index contributed by atoms with van der Waals surface area (Å²) < 4.78 is 127. The predicted octanol–water partition coefficient (Wildman–Crippen LogP) is 5.24. The zero-order valence-corrected chi connectivity index (χ0v) is 40.1. The molecule has 18 nitrogen and oxygen atoms in total. The minimum atomic E-state index is -3.88. The second kappa shape index (κ2) is 20.8. The lowest BCUT2D eigenvalue weighted by Crippen LogP contribution is -2.53. The first-order valence-corrected chi connectivity index (χ1v) is 24.7. The predicted molar refractivity (Wildman–Crippen MR) is 233 cm³/mol. The first kappa shape index (κ1) is 50.9. The molecular formula is C45H62O18S2. The maximum Gasteiger partial charge on any atom is 0.264 e. The molecule has 20 heteroatoms. The van der Waals surface area contributed by atoms with Gasteiger partial charge in [0.15, 0.2) is 24.2 Å². The molecule has 0 saturated carbocycles. The van der Waals surface area contributed by atoms with Gasteiger partial charge >= 0.3 is 0 Å². The summed E-state index contributed by atoms with van der Waals surface area (Å²) in [6.45, 7) is 9.46. The van der Waals surface area contributed by atoms with E-state index in [1.165, 1.54) is 0 Å². The molecule has 65 heavy (non-hydrogen) atoms. The smallest absolute Gasteiger partial charge is 0.264 e. The third-order valence-corrected chi connectivity index (χ3v) is 12.2. The summed E-state index contributed by atoms with van der Waals surface area (Å²) in [6.07, 6.45) is -1.43. The van der Waals surface area contributed by atoms with Gasteiger partial charge in [0.05, 0.1) is 60.3 Å². The zero-order chi connectivity index (χ0) is 47.3. The van der Waals surface area contributed by atoms with Gasteiger partial charge in [0, 0.05) is 0 Å². The van der Waals surface area contributed by atoms with E-state index in [-0.39, 0.29) is 18.8 Å². The van der Waals surface area contributed by atoms with Crippen LogP contribution in [0.15, 0.2) is 72.8 Å². The number of hydrogen-bond acceptors (Lipinski definition) is 18. The van der Waals surface area contributed by atoms with Crippen molar-refractivity contribution in [2.45, 2.75) is 121 Å². The van der Waals surface area contributed by atoms with Crippen molar-refractivity contribution in [2.75, 3.05) is 53.7 Å². The van der Waals surface area contributed by atoms with Gasteiger partial charge in [-0.15, -0.1) is 0 Å². The van der Waals surface area contributed by atoms with Crippen LogP contribution in [0.25, 0.3) is 0 Å². The molecule has 0 radical (unpaired) electrons. The first-order valence-electron chi connectivity index (χ1n) is 21.1. The molecule has 4 heterocycles. The fourth-order valence-electron chi connectivity index (χ4n) is 7.87. The molecule has 4 aliphatic heterocycles. The van der Waals surface area contributed by atoms with Gasteiger partial charge in [-0.25, -0.2) is 0 Å². The van der Waals surface area contributed by atoms with E-state index >= 15 is 0 Å². The summed E-state index contributed by atoms with van der Waals surface area (Å²) in [7, 11) is -2.90. The van der Waals surface area contributed by atoms with Crippen LogP contribution in [0.4, 0.5) is 0 Å². The molecule has 0 N–H and O–H groups in total. The van der Waals surface area contributed by atoms with Crippen LogP contribution in [0.1, 0.15) is 57.7 Å². The molecule has 4 saturated heterocycles. The quantitative estimate of drug-likeness (QED) is 0.133. The summed E-state index contributed by atoms with van der Waals surface area (Å²) in [6, 6.07) is 22.8. The van der Waals surface area contributed by atoms with Crippen LogP contribution in [0, 0.1) is 0 Å². The molecule has 0 spiro atoms. The van der Waals surface area contributed by atoms with E-state index in [9.17, 15) is 16.8 Å². The van der Waals surface area contributed by atoms with Crippen molar-refractivity contribution in [1.82, 2.24) is 0 Å². The van der Waals surface area contributed by atoms with Crippen molar-refractivity contribution in [3.8, 4) is 17.2 Å². The standard InChI is InChI=1S/C26H34O7.C19H28O11S2/c1-6-26(17-29-15-18-7-11-20(27-4)12-8-18)23(22-24(33-26)32-25(2,3)31-22)30-16-19-9-13-21(28-5)14-10-19;1-18(2)28-15-16(25-10-13-6-8-14(24-3)9-7-13)19(30-17(15)29-18,11-26-31(4,20)21)12-27-32(5,22)23/h7-14,22-24H,6,15-17H2,1-5H3;6-9,15-17H,10-12H2,1-5H3/t22-,23?,24-,26+;15-,16?,17-/m00/s1. The summed E-state index contributed by atoms with van der Waals surface area (Å²) >= 11 is 0. The van der Waals surface area contributed by atoms with Crippen LogP contribution in [-0.2, 0) is 91.1 Å². The van der Waals surface area contributed by atoms with E-state index in [0.717, 1.165) is 40.7 Å². The minimum absolute atomic E-state index is 0.0878. The van der Waals surface area contributed by atoms with Crippen molar-refractivity contribution >= 4 is 20.2 Å². The highest BCUT2D eigenvalue weighted by atomic mass is 32.2. The molecule has 7 rings (SSSR count). The fourth-order valence-corrected chi connectivity index (χ4v) is 8.69. The lowest BCUT2D eigenvalue weighted by molar-refractivity contribution is -0.255. The maximum atomic E-state index is 11.7. The van der Waals surface area contributed by atoms with Crippen LogP contribution >= 0.6 is 0 Å². The van der Waals surface area contributed by atoms with Crippen molar-refractivity contribution < 1.29 is 82.0 Å². The lowest BCUT2D eigenvalue weighted by Gasteiger charge is -2.36. The maximum absolute atomic E-state index is 11.7. The van der Waals surface area contributed by atoms with Gasteiger partial charge in [-0.1, -0.05) is 43.3 Å². The number of fused-ring (bicyclic) bond motifs is 2. The second-order valence-corrected chi connectivity index (χ2v) is 20.4. The monoisotopic (exact) mass is 954 g/mol. The van der Waals surface area contributed by atoms with Gasteiger partial charge in [0.1, 0.15) is 66.1 Å². The van der Waals surface area contributed by atoms with Crippen LogP contribution in [0.5, 0.6) is 17.2 Å². The Labute approximate surface area is 382 Å².